The van der Waals surface area contributed by atoms with Crippen LogP contribution in [0.15, 0.2) is 34.9 Å². The molecule has 0 spiro atoms. The molecular formula is C20H34O3. The molecule has 132 valence electrons. The molecule has 3 nitrogen and oxygen atoms in total. The molecule has 0 saturated heterocycles. The molecule has 0 aromatic rings. The van der Waals surface area contributed by atoms with Crippen molar-refractivity contribution in [1.29, 1.82) is 0 Å². The Bertz CT molecular complexity index is 456. The standard InChI is InChI=1S/C20H34O3/c1-15(2)18-10-8-16(3)6-5-7-17(14-21)9-11-19(22)20(4,23)13-12-18/h7-8,10,15,19,21-23H,5-6,9,11-14H2,1-4H3/b16-8+,17-7-,18-10+/t19-,20-/m0/s1. The van der Waals surface area contributed by atoms with Crippen molar-refractivity contribution in [2.24, 2.45) is 5.92 Å². The van der Waals surface area contributed by atoms with Gasteiger partial charge in [-0.25, -0.2) is 0 Å². The summed E-state index contributed by atoms with van der Waals surface area (Å²) in [5.41, 5.74) is 2.47. The van der Waals surface area contributed by atoms with Crippen molar-refractivity contribution < 1.29 is 15.3 Å². The van der Waals surface area contributed by atoms with Crippen LogP contribution in [0.3, 0.4) is 0 Å². The fourth-order valence-electron chi connectivity index (χ4n) is 2.84. The zero-order chi connectivity index (χ0) is 17.5. The van der Waals surface area contributed by atoms with Crippen LogP contribution in [0.2, 0.25) is 0 Å². The van der Waals surface area contributed by atoms with Gasteiger partial charge in [-0.1, -0.05) is 43.2 Å². The molecule has 0 heterocycles. The first-order valence-corrected chi connectivity index (χ1v) is 8.81. The summed E-state index contributed by atoms with van der Waals surface area (Å²) in [6, 6.07) is 0. The van der Waals surface area contributed by atoms with Crippen LogP contribution < -0.4 is 0 Å². The average molecular weight is 322 g/mol. The Morgan fingerprint density at radius 2 is 1.91 bits per heavy atom. The Labute approximate surface area is 141 Å². The quantitative estimate of drug-likeness (QED) is 0.676. The van der Waals surface area contributed by atoms with Crippen LogP contribution in [0.25, 0.3) is 0 Å². The number of allylic oxidation sites excluding steroid dienone is 5. The smallest absolute Gasteiger partial charge is 0.0880 e. The number of aliphatic hydroxyl groups is 3. The predicted octanol–water partition coefficient (Wildman–Crippen LogP) is 3.90. The van der Waals surface area contributed by atoms with E-state index in [-0.39, 0.29) is 6.61 Å². The molecule has 0 unspecified atom stereocenters. The molecule has 2 atom stereocenters. The van der Waals surface area contributed by atoms with E-state index in [9.17, 15) is 15.3 Å². The van der Waals surface area contributed by atoms with E-state index in [1.54, 1.807) is 6.92 Å². The van der Waals surface area contributed by atoms with Crippen molar-refractivity contribution in [1.82, 2.24) is 0 Å². The lowest BCUT2D eigenvalue weighted by molar-refractivity contribution is -0.0698. The van der Waals surface area contributed by atoms with E-state index in [2.05, 4.69) is 39.0 Å². The summed E-state index contributed by atoms with van der Waals surface area (Å²) in [7, 11) is 0. The van der Waals surface area contributed by atoms with Gasteiger partial charge in [0.25, 0.3) is 0 Å². The van der Waals surface area contributed by atoms with Gasteiger partial charge >= 0.3 is 0 Å². The molecule has 3 heteroatoms. The summed E-state index contributed by atoms with van der Waals surface area (Å²) < 4.78 is 0. The minimum absolute atomic E-state index is 0.0228. The maximum Gasteiger partial charge on any atom is 0.0880 e. The molecule has 0 aliphatic heterocycles. The maximum absolute atomic E-state index is 10.6. The van der Waals surface area contributed by atoms with E-state index in [0.717, 1.165) is 24.8 Å². The van der Waals surface area contributed by atoms with E-state index in [1.165, 1.54) is 11.1 Å². The Morgan fingerprint density at radius 1 is 1.22 bits per heavy atom. The van der Waals surface area contributed by atoms with Crippen molar-refractivity contribution in [2.45, 2.75) is 77.9 Å². The minimum Gasteiger partial charge on any atom is -0.392 e. The third-order valence-electron chi connectivity index (χ3n) is 4.87. The largest absolute Gasteiger partial charge is 0.392 e. The summed E-state index contributed by atoms with van der Waals surface area (Å²) in [5, 5.41) is 30.4. The molecule has 0 aromatic heterocycles. The average Bonchev–Trinajstić information content (AvgIpc) is 2.48. The molecule has 23 heavy (non-hydrogen) atoms. The molecule has 0 aromatic carbocycles. The van der Waals surface area contributed by atoms with E-state index < -0.39 is 11.7 Å². The Balaban J connectivity index is 3.01. The highest BCUT2D eigenvalue weighted by Gasteiger charge is 2.30. The van der Waals surface area contributed by atoms with Gasteiger partial charge in [-0.05, 0) is 63.9 Å². The van der Waals surface area contributed by atoms with Crippen molar-refractivity contribution in [3.8, 4) is 0 Å². The summed E-state index contributed by atoms with van der Waals surface area (Å²) in [4.78, 5) is 0. The van der Waals surface area contributed by atoms with Gasteiger partial charge in [0.2, 0.25) is 0 Å². The molecule has 0 bridgehead atoms. The zero-order valence-corrected chi connectivity index (χ0v) is 15.2. The summed E-state index contributed by atoms with van der Waals surface area (Å²) in [6.45, 7) is 8.20. The third-order valence-corrected chi connectivity index (χ3v) is 4.87. The van der Waals surface area contributed by atoms with Crippen molar-refractivity contribution >= 4 is 0 Å². The fourth-order valence-corrected chi connectivity index (χ4v) is 2.84. The van der Waals surface area contributed by atoms with Gasteiger partial charge in [0, 0.05) is 0 Å². The van der Waals surface area contributed by atoms with Gasteiger partial charge in [0.1, 0.15) is 0 Å². The monoisotopic (exact) mass is 322 g/mol. The molecule has 0 radical (unpaired) electrons. The van der Waals surface area contributed by atoms with Gasteiger partial charge in [-0.3, -0.25) is 0 Å². The maximum atomic E-state index is 10.6. The first-order chi connectivity index (χ1) is 10.8. The van der Waals surface area contributed by atoms with E-state index in [0.29, 0.717) is 25.2 Å². The highest BCUT2D eigenvalue weighted by atomic mass is 16.3. The van der Waals surface area contributed by atoms with E-state index >= 15 is 0 Å². The third kappa shape index (κ3) is 7.03. The molecule has 1 aliphatic rings. The summed E-state index contributed by atoms with van der Waals surface area (Å²) in [6.07, 6.45) is 9.95. The highest BCUT2D eigenvalue weighted by molar-refractivity contribution is 5.19. The molecule has 0 saturated carbocycles. The fraction of sp³-hybridized carbons (Fsp3) is 0.700. The van der Waals surface area contributed by atoms with Crippen LogP contribution in [0.5, 0.6) is 0 Å². The second-order valence-corrected chi connectivity index (χ2v) is 7.38. The van der Waals surface area contributed by atoms with Crippen LogP contribution in [-0.4, -0.2) is 33.6 Å². The number of rotatable bonds is 2. The Morgan fingerprint density at radius 3 is 2.52 bits per heavy atom. The van der Waals surface area contributed by atoms with Crippen LogP contribution in [-0.2, 0) is 0 Å². The van der Waals surface area contributed by atoms with Crippen molar-refractivity contribution in [2.75, 3.05) is 6.61 Å². The van der Waals surface area contributed by atoms with E-state index in [4.69, 9.17) is 0 Å². The van der Waals surface area contributed by atoms with Crippen LogP contribution in [0, 0.1) is 5.92 Å². The van der Waals surface area contributed by atoms with Crippen molar-refractivity contribution in [3.63, 3.8) is 0 Å². The van der Waals surface area contributed by atoms with Crippen molar-refractivity contribution in [3.05, 3.63) is 34.9 Å². The van der Waals surface area contributed by atoms with E-state index in [1.807, 2.05) is 0 Å². The number of aliphatic hydroxyl groups excluding tert-OH is 2. The summed E-state index contributed by atoms with van der Waals surface area (Å²) in [5.74, 6) is 0.431. The SMILES string of the molecule is C/C1=C\C=C(\C(C)C)CC[C@](C)(O)[C@@H](O)CC/C(CO)=C/CC1. The summed E-state index contributed by atoms with van der Waals surface area (Å²) >= 11 is 0. The normalized spacial score (nSPS) is 35.5. The van der Waals surface area contributed by atoms with Gasteiger partial charge in [-0.15, -0.1) is 0 Å². The number of hydrogen-bond acceptors (Lipinski definition) is 3. The topological polar surface area (TPSA) is 60.7 Å². The second-order valence-electron chi connectivity index (χ2n) is 7.38. The lowest BCUT2D eigenvalue weighted by atomic mass is 9.85. The molecule has 0 fully saturated rings. The second kappa shape index (κ2) is 9.41. The Kier molecular flexibility index (Phi) is 8.24. The molecule has 0 amide bonds. The van der Waals surface area contributed by atoms with Gasteiger partial charge < -0.3 is 15.3 Å². The van der Waals surface area contributed by atoms with Crippen LogP contribution in [0.1, 0.15) is 66.2 Å². The van der Waals surface area contributed by atoms with Gasteiger partial charge in [0.15, 0.2) is 0 Å². The molecule has 3 N–H and O–H groups in total. The lowest BCUT2D eigenvalue weighted by Crippen LogP contribution is -2.39. The highest BCUT2D eigenvalue weighted by Crippen LogP contribution is 2.27. The number of hydrogen-bond donors (Lipinski definition) is 3. The first-order valence-electron chi connectivity index (χ1n) is 8.81. The van der Waals surface area contributed by atoms with Crippen LogP contribution >= 0.6 is 0 Å². The zero-order valence-electron chi connectivity index (χ0n) is 15.2. The predicted molar refractivity (Wildman–Crippen MR) is 96.2 cm³/mol. The molecule has 1 aliphatic carbocycles. The Hall–Kier alpha value is -0.900. The van der Waals surface area contributed by atoms with Crippen LogP contribution in [0.4, 0.5) is 0 Å². The van der Waals surface area contributed by atoms with Gasteiger partial charge in [-0.2, -0.15) is 0 Å². The first kappa shape index (κ1) is 20.1. The van der Waals surface area contributed by atoms with Gasteiger partial charge in [0.05, 0.1) is 18.3 Å². The molecule has 1 rings (SSSR count). The molecular weight excluding hydrogens is 288 g/mol. The lowest BCUT2D eigenvalue weighted by Gasteiger charge is -2.30. The minimum atomic E-state index is -1.10.